The first-order valence-corrected chi connectivity index (χ1v) is 7.92. The molecular weight excluding hydrogens is 415 g/mol. The summed E-state index contributed by atoms with van der Waals surface area (Å²) < 4.78 is 6.38. The van der Waals surface area contributed by atoms with Crippen LogP contribution in [0, 0.1) is 0 Å². The van der Waals surface area contributed by atoms with Gasteiger partial charge in [-0.25, -0.2) is 0 Å². The van der Waals surface area contributed by atoms with Crippen LogP contribution in [0.1, 0.15) is 16.0 Å². The number of ether oxygens (including phenoxy) is 1. The summed E-state index contributed by atoms with van der Waals surface area (Å²) >= 11 is 19.1. The molecule has 1 atom stereocenters. The van der Waals surface area contributed by atoms with Crippen molar-refractivity contribution in [3.63, 3.8) is 0 Å². The Morgan fingerprint density at radius 1 is 1.05 bits per heavy atom. The lowest BCUT2D eigenvalue weighted by Gasteiger charge is -2.15. The Morgan fingerprint density at radius 2 is 1.79 bits per heavy atom. The number of halogens is 4. The molecule has 0 N–H and O–H groups in total. The van der Waals surface area contributed by atoms with Crippen LogP contribution in [0.4, 0.5) is 0 Å². The van der Waals surface area contributed by atoms with Crippen LogP contribution in [0.3, 0.4) is 0 Å². The Hall–Kier alpha value is -0.220. The molecule has 5 heteroatoms. The summed E-state index contributed by atoms with van der Waals surface area (Å²) in [6, 6.07) is 11.5. The summed E-state index contributed by atoms with van der Waals surface area (Å²) in [6.07, 6.45) is 0. The molecule has 2 aromatic carbocycles. The molecule has 0 radical (unpaired) electrons. The Balaban J connectivity index is 2.43. The smallest absolute Gasteiger partial charge is 0.124 e. The van der Waals surface area contributed by atoms with Crippen molar-refractivity contribution >= 4 is 55.1 Å². The number of methoxy groups -OCH3 is 1. The van der Waals surface area contributed by atoms with E-state index in [1.54, 1.807) is 13.2 Å². The second-order valence-corrected chi connectivity index (χ2v) is 6.57. The van der Waals surface area contributed by atoms with Crippen molar-refractivity contribution in [2.45, 2.75) is 4.83 Å². The molecule has 0 aliphatic carbocycles. The van der Waals surface area contributed by atoms with Gasteiger partial charge in [-0.2, -0.15) is 0 Å². The van der Waals surface area contributed by atoms with Gasteiger partial charge in [0, 0.05) is 10.0 Å². The van der Waals surface area contributed by atoms with Crippen molar-refractivity contribution in [2.24, 2.45) is 0 Å². The van der Waals surface area contributed by atoms with Crippen LogP contribution in [-0.2, 0) is 0 Å². The van der Waals surface area contributed by atoms with Gasteiger partial charge >= 0.3 is 0 Å². The Kier molecular flexibility index (Phi) is 5.18. The minimum Gasteiger partial charge on any atom is -0.496 e. The first-order chi connectivity index (χ1) is 9.02. The minimum atomic E-state index is -0.00897. The Labute approximate surface area is 139 Å². The molecule has 0 amide bonds. The molecule has 2 aromatic rings. The first-order valence-electron chi connectivity index (χ1n) is 5.45. The lowest BCUT2D eigenvalue weighted by atomic mass is 10.0. The van der Waals surface area contributed by atoms with E-state index >= 15 is 0 Å². The van der Waals surface area contributed by atoms with Gasteiger partial charge in [-0.3, -0.25) is 0 Å². The molecular formula is C14H10Br2Cl2O. The van der Waals surface area contributed by atoms with Gasteiger partial charge in [0.15, 0.2) is 0 Å². The second kappa shape index (κ2) is 6.49. The SMILES string of the molecule is COc1cc(Br)ccc1C(Br)c1ccc(Cl)c(Cl)c1. The van der Waals surface area contributed by atoms with E-state index in [1.807, 2.05) is 30.3 Å². The van der Waals surface area contributed by atoms with Crippen molar-refractivity contribution in [3.8, 4) is 5.75 Å². The molecule has 1 nitrogen and oxygen atoms in total. The molecule has 19 heavy (non-hydrogen) atoms. The van der Waals surface area contributed by atoms with Crippen LogP contribution in [-0.4, -0.2) is 7.11 Å². The molecule has 0 aliphatic rings. The van der Waals surface area contributed by atoms with E-state index in [0.29, 0.717) is 10.0 Å². The lowest BCUT2D eigenvalue weighted by Crippen LogP contribution is -1.97. The van der Waals surface area contributed by atoms with Gasteiger partial charge in [0.2, 0.25) is 0 Å². The van der Waals surface area contributed by atoms with Gasteiger partial charge in [-0.15, -0.1) is 0 Å². The van der Waals surface area contributed by atoms with Crippen LogP contribution < -0.4 is 4.74 Å². The number of alkyl halides is 1. The summed E-state index contributed by atoms with van der Waals surface area (Å²) in [5.74, 6) is 0.808. The normalized spacial score (nSPS) is 12.3. The van der Waals surface area contributed by atoms with E-state index in [-0.39, 0.29) is 4.83 Å². The average molecular weight is 425 g/mol. The van der Waals surface area contributed by atoms with Crippen LogP contribution in [0.25, 0.3) is 0 Å². The van der Waals surface area contributed by atoms with Gasteiger partial charge in [0.05, 0.1) is 22.0 Å². The maximum atomic E-state index is 6.05. The zero-order valence-corrected chi connectivity index (χ0v) is 14.6. The highest BCUT2D eigenvalue weighted by Crippen LogP contribution is 2.39. The molecule has 0 aliphatic heterocycles. The number of hydrogen-bond donors (Lipinski definition) is 0. The molecule has 0 heterocycles. The molecule has 0 fully saturated rings. The third-order valence-electron chi connectivity index (χ3n) is 2.70. The van der Waals surface area contributed by atoms with E-state index in [4.69, 9.17) is 27.9 Å². The van der Waals surface area contributed by atoms with Gasteiger partial charge in [-0.05, 0) is 29.8 Å². The predicted octanol–water partition coefficient (Wildman–Crippen LogP) is 6.25. The summed E-state index contributed by atoms with van der Waals surface area (Å²) in [4.78, 5) is -0.00897. The van der Waals surface area contributed by atoms with Crippen molar-refractivity contribution in [1.82, 2.24) is 0 Å². The zero-order valence-electron chi connectivity index (χ0n) is 9.96. The number of hydrogen-bond acceptors (Lipinski definition) is 1. The average Bonchev–Trinajstić information content (AvgIpc) is 2.41. The molecule has 0 aromatic heterocycles. The molecule has 0 spiro atoms. The molecule has 0 saturated heterocycles. The highest BCUT2D eigenvalue weighted by Gasteiger charge is 2.16. The van der Waals surface area contributed by atoms with E-state index < -0.39 is 0 Å². The fraction of sp³-hybridized carbons (Fsp3) is 0.143. The highest BCUT2D eigenvalue weighted by molar-refractivity contribution is 9.10. The predicted molar refractivity (Wildman–Crippen MR) is 87.9 cm³/mol. The van der Waals surface area contributed by atoms with Crippen molar-refractivity contribution in [3.05, 3.63) is 62.0 Å². The third kappa shape index (κ3) is 3.46. The van der Waals surface area contributed by atoms with Crippen LogP contribution >= 0.6 is 55.1 Å². The van der Waals surface area contributed by atoms with Crippen LogP contribution in [0.5, 0.6) is 5.75 Å². The Bertz CT molecular complexity index is 602. The van der Waals surface area contributed by atoms with E-state index in [1.165, 1.54) is 0 Å². The Morgan fingerprint density at radius 3 is 2.42 bits per heavy atom. The molecule has 0 saturated carbocycles. The summed E-state index contributed by atoms with van der Waals surface area (Å²) in [5.41, 5.74) is 2.05. The topological polar surface area (TPSA) is 9.23 Å². The van der Waals surface area contributed by atoms with Crippen molar-refractivity contribution in [1.29, 1.82) is 0 Å². The van der Waals surface area contributed by atoms with Crippen LogP contribution in [0.15, 0.2) is 40.9 Å². The largest absolute Gasteiger partial charge is 0.496 e. The van der Waals surface area contributed by atoms with Crippen molar-refractivity contribution in [2.75, 3.05) is 7.11 Å². The van der Waals surface area contributed by atoms with Crippen molar-refractivity contribution < 1.29 is 4.74 Å². The monoisotopic (exact) mass is 422 g/mol. The molecule has 1 unspecified atom stereocenters. The van der Waals surface area contributed by atoms with Crippen LogP contribution in [0.2, 0.25) is 10.0 Å². The van der Waals surface area contributed by atoms with E-state index in [0.717, 1.165) is 21.3 Å². The van der Waals surface area contributed by atoms with E-state index in [9.17, 15) is 0 Å². The quantitative estimate of drug-likeness (QED) is 0.529. The van der Waals surface area contributed by atoms with Gasteiger partial charge in [-0.1, -0.05) is 67.2 Å². The number of benzene rings is 2. The van der Waals surface area contributed by atoms with E-state index in [2.05, 4.69) is 31.9 Å². The third-order valence-corrected chi connectivity index (χ3v) is 4.96. The standard InChI is InChI=1S/C14H10Br2Cl2O/c1-19-13-7-9(15)3-4-10(13)14(16)8-2-5-11(17)12(18)6-8/h2-7,14H,1H3. The van der Waals surface area contributed by atoms with Gasteiger partial charge in [0.1, 0.15) is 5.75 Å². The second-order valence-electron chi connectivity index (χ2n) is 3.92. The summed E-state index contributed by atoms with van der Waals surface area (Å²) in [6.45, 7) is 0. The molecule has 2 rings (SSSR count). The van der Waals surface area contributed by atoms with Gasteiger partial charge < -0.3 is 4.74 Å². The molecule has 0 bridgehead atoms. The fourth-order valence-electron chi connectivity index (χ4n) is 1.74. The summed E-state index contributed by atoms with van der Waals surface area (Å²) in [5, 5.41) is 1.09. The maximum Gasteiger partial charge on any atom is 0.124 e. The number of rotatable bonds is 3. The first kappa shape index (κ1) is 15.2. The molecule has 100 valence electrons. The lowest BCUT2D eigenvalue weighted by molar-refractivity contribution is 0.410. The highest BCUT2D eigenvalue weighted by atomic mass is 79.9. The zero-order chi connectivity index (χ0) is 14.0. The summed E-state index contributed by atoms with van der Waals surface area (Å²) in [7, 11) is 1.65. The van der Waals surface area contributed by atoms with Gasteiger partial charge in [0.25, 0.3) is 0 Å². The fourth-order valence-corrected chi connectivity index (χ4v) is 3.05. The maximum absolute atomic E-state index is 6.05. The minimum absolute atomic E-state index is 0.00897.